The lowest BCUT2D eigenvalue weighted by atomic mass is 10.0. The van der Waals surface area contributed by atoms with Crippen LogP contribution in [0, 0.1) is 0 Å². The van der Waals surface area contributed by atoms with Crippen molar-refractivity contribution in [3.05, 3.63) is 35.4 Å². The Kier molecular flexibility index (Phi) is 7.48. The molecule has 0 fully saturated rings. The van der Waals surface area contributed by atoms with Gasteiger partial charge in [0.05, 0.1) is 7.11 Å². The molecule has 1 rings (SSSR count). The monoisotopic (exact) mass is 276 g/mol. The van der Waals surface area contributed by atoms with Crippen molar-refractivity contribution in [1.29, 1.82) is 0 Å². The van der Waals surface area contributed by atoms with Crippen molar-refractivity contribution in [2.45, 2.75) is 45.4 Å². The van der Waals surface area contributed by atoms with Gasteiger partial charge in [-0.15, -0.1) is 0 Å². The van der Waals surface area contributed by atoms with E-state index in [2.05, 4.69) is 6.92 Å². The number of esters is 1. The van der Waals surface area contributed by atoms with Crippen LogP contribution in [0.4, 0.5) is 0 Å². The van der Waals surface area contributed by atoms with Crippen molar-refractivity contribution >= 4 is 12.0 Å². The molecule has 0 aromatic heterocycles. The number of ether oxygens (including phenoxy) is 1. The summed E-state index contributed by atoms with van der Waals surface area (Å²) < 4.78 is 4.70. The molecule has 0 bridgehead atoms. The molecular weight excluding hydrogens is 252 g/mol. The Labute approximate surface area is 121 Å². The highest BCUT2D eigenvalue weighted by Crippen LogP contribution is 2.23. The van der Waals surface area contributed by atoms with E-state index < -0.39 is 5.97 Å². The molecule has 1 aromatic carbocycles. The summed E-state index contributed by atoms with van der Waals surface area (Å²) in [6.07, 6.45) is 11.1. The predicted octanol–water partition coefficient (Wildman–Crippen LogP) is 4.55. The summed E-state index contributed by atoms with van der Waals surface area (Å²) in [5, 5.41) is 9.76. The van der Waals surface area contributed by atoms with Gasteiger partial charge in [0.25, 0.3) is 0 Å². The third-order valence-corrected chi connectivity index (χ3v) is 3.24. The molecule has 0 aliphatic heterocycles. The Bertz CT molecular complexity index is 450. The van der Waals surface area contributed by atoms with Gasteiger partial charge in [0.2, 0.25) is 0 Å². The zero-order chi connectivity index (χ0) is 14.8. The summed E-state index contributed by atoms with van der Waals surface area (Å²) in [4.78, 5) is 11.6. The van der Waals surface area contributed by atoms with Gasteiger partial charge >= 0.3 is 5.97 Å². The van der Waals surface area contributed by atoms with E-state index in [0.29, 0.717) is 5.56 Å². The molecule has 20 heavy (non-hydrogen) atoms. The van der Waals surface area contributed by atoms with Crippen LogP contribution in [0.25, 0.3) is 6.08 Å². The molecule has 1 N–H and O–H groups in total. The standard InChI is InChI=1S/C17H24O3/c1-3-4-5-6-7-8-9-11-14-12-10-13-15(18)16(14)17(19)20-2/h9-13,18H,3-8H2,1-2H3. The van der Waals surface area contributed by atoms with E-state index in [0.717, 1.165) is 12.8 Å². The Hall–Kier alpha value is -1.77. The lowest BCUT2D eigenvalue weighted by Gasteiger charge is -2.06. The predicted molar refractivity (Wildman–Crippen MR) is 81.9 cm³/mol. The minimum absolute atomic E-state index is 0.0399. The van der Waals surface area contributed by atoms with E-state index >= 15 is 0 Å². The van der Waals surface area contributed by atoms with Crippen molar-refractivity contribution in [2.75, 3.05) is 7.11 Å². The maximum absolute atomic E-state index is 11.6. The number of methoxy groups -OCH3 is 1. The third kappa shape index (κ3) is 5.08. The minimum atomic E-state index is -0.509. The van der Waals surface area contributed by atoms with Crippen molar-refractivity contribution in [1.82, 2.24) is 0 Å². The van der Waals surface area contributed by atoms with E-state index in [4.69, 9.17) is 4.74 Å². The Balaban J connectivity index is 2.59. The zero-order valence-electron chi connectivity index (χ0n) is 12.4. The Morgan fingerprint density at radius 2 is 2.00 bits per heavy atom. The molecule has 0 aliphatic rings. The first-order valence-corrected chi connectivity index (χ1v) is 7.27. The van der Waals surface area contributed by atoms with E-state index in [-0.39, 0.29) is 11.3 Å². The average molecular weight is 276 g/mol. The fourth-order valence-electron chi connectivity index (χ4n) is 2.10. The highest BCUT2D eigenvalue weighted by molar-refractivity contribution is 5.96. The minimum Gasteiger partial charge on any atom is -0.507 e. The topological polar surface area (TPSA) is 46.5 Å². The molecule has 0 amide bonds. The first kappa shape index (κ1) is 16.3. The van der Waals surface area contributed by atoms with Crippen LogP contribution in [-0.4, -0.2) is 18.2 Å². The average Bonchev–Trinajstić information content (AvgIpc) is 2.45. The van der Waals surface area contributed by atoms with Crippen LogP contribution in [0.5, 0.6) is 5.75 Å². The van der Waals surface area contributed by atoms with E-state index in [1.165, 1.54) is 38.9 Å². The summed E-state index contributed by atoms with van der Waals surface area (Å²) >= 11 is 0. The smallest absolute Gasteiger partial charge is 0.342 e. The van der Waals surface area contributed by atoms with Crippen molar-refractivity contribution in [3.8, 4) is 5.75 Å². The second-order valence-corrected chi connectivity index (χ2v) is 4.84. The molecule has 1 aromatic rings. The van der Waals surface area contributed by atoms with Crippen LogP contribution in [0.1, 0.15) is 61.4 Å². The molecular formula is C17H24O3. The number of phenols is 1. The number of carbonyl (C=O) groups is 1. The number of allylic oxidation sites excluding steroid dienone is 1. The van der Waals surface area contributed by atoms with Crippen LogP contribution >= 0.6 is 0 Å². The fraction of sp³-hybridized carbons (Fsp3) is 0.471. The molecule has 110 valence electrons. The number of carbonyl (C=O) groups excluding carboxylic acids is 1. The van der Waals surface area contributed by atoms with Crippen molar-refractivity contribution < 1.29 is 14.6 Å². The van der Waals surface area contributed by atoms with Gasteiger partial charge in [-0.25, -0.2) is 4.79 Å². The zero-order valence-corrected chi connectivity index (χ0v) is 12.4. The second-order valence-electron chi connectivity index (χ2n) is 4.84. The summed E-state index contributed by atoms with van der Waals surface area (Å²) in [6.45, 7) is 2.20. The summed E-state index contributed by atoms with van der Waals surface area (Å²) in [7, 11) is 1.32. The Morgan fingerprint density at radius 3 is 2.70 bits per heavy atom. The fourth-order valence-corrected chi connectivity index (χ4v) is 2.10. The molecule has 0 heterocycles. The van der Waals surface area contributed by atoms with Gasteiger partial charge in [-0.2, -0.15) is 0 Å². The van der Waals surface area contributed by atoms with E-state index in [1.54, 1.807) is 12.1 Å². The number of unbranched alkanes of at least 4 members (excludes halogenated alkanes) is 5. The van der Waals surface area contributed by atoms with Crippen LogP contribution < -0.4 is 0 Å². The number of hydrogen-bond donors (Lipinski definition) is 1. The number of phenolic OH excluding ortho intramolecular Hbond substituents is 1. The van der Waals surface area contributed by atoms with Gasteiger partial charge in [0, 0.05) is 0 Å². The van der Waals surface area contributed by atoms with Gasteiger partial charge in [0.15, 0.2) is 0 Å². The second kappa shape index (κ2) is 9.18. The molecule has 0 unspecified atom stereocenters. The lowest BCUT2D eigenvalue weighted by molar-refractivity contribution is 0.0597. The maximum atomic E-state index is 11.6. The summed E-state index contributed by atoms with van der Waals surface area (Å²) in [5.74, 6) is -0.548. The highest BCUT2D eigenvalue weighted by Gasteiger charge is 2.14. The summed E-state index contributed by atoms with van der Waals surface area (Å²) in [5.41, 5.74) is 0.933. The third-order valence-electron chi connectivity index (χ3n) is 3.24. The lowest BCUT2D eigenvalue weighted by Crippen LogP contribution is -2.03. The van der Waals surface area contributed by atoms with E-state index in [9.17, 15) is 9.90 Å². The van der Waals surface area contributed by atoms with Gasteiger partial charge < -0.3 is 9.84 Å². The van der Waals surface area contributed by atoms with Crippen molar-refractivity contribution in [2.24, 2.45) is 0 Å². The molecule has 0 saturated heterocycles. The number of hydrogen-bond acceptors (Lipinski definition) is 3. The molecule has 0 spiro atoms. The molecule has 3 heteroatoms. The molecule has 0 aliphatic carbocycles. The van der Waals surface area contributed by atoms with Crippen LogP contribution in [-0.2, 0) is 4.74 Å². The van der Waals surface area contributed by atoms with Gasteiger partial charge in [-0.05, 0) is 24.5 Å². The Morgan fingerprint density at radius 1 is 1.25 bits per heavy atom. The number of benzene rings is 1. The first-order chi connectivity index (χ1) is 9.70. The van der Waals surface area contributed by atoms with Gasteiger partial charge in [0.1, 0.15) is 11.3 Å². The van der Waals surface area contributed by atoms with E-state index in [1.807, 2.05) is 12.2 Å². The van der Waals surface area contributed by atoms with Crippen LogP contribution in [0.3, 0.4) is 0 Å². The molecule has 0 saturated carbocycles. The van der Waals surface area contributed by atoms with Gasteiger partial charge in [-0.1, -0.05) is 56.9 Å². The number of aromatic hydroxyl groups is 1. The van der Waals surface area contributed by atoms with Crippen LogP contribution in [0.15, 0.2) is 24.3 Å². The van der Waals surface area contributed by atoms with Crippen molar-refractivity contribution in [3.63, 3.8) is 0 Å². The molecule has 3 nitrogen and oxygen atoms in total. The molecule has 0 radical (unpaired) electrons. The molecule has 0 atom stereocenters. The highest BCUT2D eigenvalue weighted by atomic mass is 16.5. The normalized spacial score (nSPS) is 10.9. The maximum Gasteiger partial charge on any atom is 0.342 e. The SMILES string of the molecule is CCCCCCCC=Cc1cccc(O)c1C(=O)OC. The summed E-state index contributed by atoms with van der Waals surface area (Å²) in [6, 6.07) is 5.02. The van der Waals surface area contributed by atoms with Gasteiger partial charge in [-0.3, -0.25) is 0 Å². The quantitative estimate of drug-likeness (QED) is 0.559. The first-order valence-electron chi connectivity index (χ1n) is 7.27. The largest absolute Gasteiger partial charge is 0.507 e. The van der Waals surface area contributed by atoms with Crippen LogP contribution in [0.2, 0.25) is 0 Å². The number of rotatable bonds is 8.